The lowest BCUT2D eigenvalue weighted by Crippen LogP contribution is -2.30. The fraction of sp³-hybridized carbons (Fsp3) is 0.533. The van der Waals surface area contributed by atoms with Gasteiger partial charge in [0.2, 0.25) is 0 Å². The minimum absolute atomic E-state index is 0.0620. The molecule has 19 heavy (non-hydrogen) atoms. The predicted molar refractivity (Wildman–Crippen MR) is 80.9 cm³/mol. The molecule has 1 N–H and O–H groups in total. The summed E-state index contributed by atoms with van der Waals surface area (Å²) in [6.07, 6.45) is 4.19. The number of fused-ring (bicyclic) bond motifs is 5. The van der Waals surface area contributed by atoms with E-state index in [0.29, 0.717) is 6.04 Å². The third kappa shape index (κ3) is 1.90. The summed E-state index contributed by atoms with van der Waals surface area (Å²) in [5, 5.41) is 3.25. The van der Waals surface area contributed by atoms with Crippen LogP contribution in [0, 0.1) is 23.7 Å². The third-order valence-corrected chi connectivity index (χ3v) is 6.39. The molecule has 1 amide bonds. The quantitative estimate of drug-likeness (QED) is 0.820. The average Bonchev–Trinajstić information content (AvgIpc) is 2.80. The van der Waals surface area contributed by atoms with Crippen LogP contribution in [-0.4, -0.2) is 11.9 Å². The first-order valence-corrected chi connectivity index (χ1v) is 8.49. The summed E-state index contributed by atoms with van der Waals surface area (Å²) < 4.78 is 1.80. The number of carbonyl (C=O) groups excluding carboxylic acids is 1. The number of halogens is 2. The molecule has 4 atom stereocenters. The molecular formula is C15H15Br2NO. The molecule has 0 heterocycles. The second kappa shape index (κ2) is 4.32. The van der Waals surface area contributed by atoms with Gasteiger partial charge in [-0.15, -0.1) is 0 Å². The Labute approximate surface area is 129 Å². The maximum Gasteiger partial charge on any atom is 0.252 e. The van der Waals surface area contributed by atoms with E-state index in [2.05, 4.69) is 37.2 Å². The van der Waals surface area contributed by atoms with Gasteiger partial charge < -0.3 is 5.32 Å². The molecule has 3 saturated carbocycles. The molecule has 3 aliphatic carbocycles. The normalized spacial score (nSPS) is 38.1. The van der Waals surface area contributed by atoms with Crippen LogP contribution in [0.4, 0.5) is 0 Å². The van der Waals surface area contributed by atoms with Gasteiger partial charge in [-0.2, -0.15) is 0 Å². The Morgan fingerprint density at radius 1 is 1.16 bits per heavy atom. The van der Waals surface area contributed by atoms with Crippen molar-refractivity contribution in [2.75, 3.05) is 0 Å². The fourth-order valence-electron chi connectivity index (χ4n) is 4.42. The smallest absolute Gasteiger partial charge is 0.252 e. The van der Waals surface area contributed by atoms with Crippen molar-refractivity contribution in [2.45, 2.75) is 25.3 Å². The lowest BCUT2D eigenvalue weighted by molar-refractivity contribution is 0.0943. The van der Waals surface area contributed by atoms with E-state index in [9.17, 15) is 4.79 Å². The predicted octanol–water partition coefficient (Wildman–Crippen LogP) is 3.99. The van der Waals surface area contributed by atoms with Crippen molar-refractivity contribution < 1.29 is 4.79 Å². The molecule has 4 rings (SSSR count). The lowest BCUT2D eigenvalue weighted by atomic mass is 10.0. The second-order valence-corrected chi connectivity index (χ2v) is 7.88. The summed E-state index contributed by atoms with van der Waals surface area (Å²) in [4.78, 5) is 12.4. The summed E-state index contributed by atoms with van der Waals surface area (Å²) in [6.45, 7) is 0. The highest BCUT2D eigenvalue weighted by Crippen LogP contribution is 2.65. The van der Waals surface area contributed by atoms with Crippen molar-refractivity contribution in [3.8, 4) is 0 Å². The second-order valence-electron chi connectivity index (χ2n) is 6.11. The Balaban J connectivity index is 1.50. The zero-order chi connectivity index (χ0) is 13.1. The van der Waals surface area contributed by atoms with E-state index in [-0.39, 0.29) is 5.91 Å². The van der Waals surface area contributed by atoms with E-state index >= 15 is 0 Å². The summed E-state index contributed by atoms with van der Waals surface area (Å²) in [5.41, 5.74) is 0.728. The standard InChI is InChI=1S/C15H15Br2NO/c16-9-3-4-11(17)10(6-9)15(19)18-14-12-7-1-2-8(5-7)13(12)14/h3-4,6-8,12-14H,1-2,5H2,(H,18,19). The van der Waals surface area contributed by atoms with Crippen LogP contribution >= 0.6 is 31.9 Å². The first kappa shape index (κ1) is 12.4. The minimum atomic E-state index is 0.0620. The van der Waals surface area contributed by atoms with E-state index in [0.717, 1.165) is 38.2 Å². The van der Waals surface area contributed by atoms with Crippen LogP contribution in [0.5, 0.6) is 0 Å². The Kier molecular flexibility index (Phi) is 2.82. The molecule has 2 nitrogen and oxygen atoms in total. The number of nitrogens with one attached hydrogen (secondary N) is 1. The van der Waals surface area contributed by atoms with Crippen molar-refractivity contribution in [2.24, 2.45) is 23.7 Å². The van der Waals surface area contributed by atoms with E-state index < -0.39 is 0 Å². The third-order valence-electron chi connectivity index (χ3n) is 5.21. The van der Waals surface area contributed by atoms with Gasteiger partial charge in [0.15, 0.2) is 0 Å². The summed E-state index contributed by atoms with van der Waals surface area (Å²) in [5.74, 6) is 3.42. The molecule has 1 aromatic rings. The van der Waals surface area contributed by atoms with Crippen molar-refractivity contribution >= 4 is 37.8 Å². The monoisotopic (exact) mass is 383 g/mol. The van der Waals surface area contributed by atoms with Gasteiger partial charge in [0, 0.05) is 15.0 Å². The van der Waals surface area contributed by atoms with Crippen molar-refractivity contribution in [3.05, 3.63) is 32.7 Å². The summed E-state index contributed by atoms with van der Waals surface area (Å²) in [6, 6.07) is 6.18. The van der Waals surface area contributed by atoms with Gasteiger partial charge in [0.05, 0.1) is 5.56 Å². The zero-order valence-electron chi connectivity index (χ0n) is 10.4. The number of carbonyl (C=O) groups is 1. The van der Waals surface area contributed by atoms with Crippen LogP contribution in [0.25, 0.3) is 0 Å². The number of benzene rings is 1. The molecule has 100 valence electrons. The van der Waals surface area contributed by atoms with Gasteiger partial charge >= 0.3 is 0 Å². The number of hydrogen-bond acceptors (Lipinski definition) is 1. The maximum atomic E-state index is 12.4. The molecule has 4 heteroatoms. The SMILES string of the molecule is O=C(NC1C2C3CCC(C3)C12)c1cc(Br)ccc1Br. The van der Waals surface area contributed by atoms with Crippen LogP contribution in [0.2, 0.25) is 0 Å². The fourth-order valence-corrected chi connectivity index (χ4v) is 5.21. The Morgan fingerprint density at radius 2 is 1.84 bits per heavy atom. The van der Waals surface area contributed by atoms with Crippen molar-refractivity contribution in [1.29, 1.82) is 0 Å². The van der Waals surface area contributed by atoms with Gasteiger partial charge in [0.25, 0.3) is 5.91 Å². The van der Waals surface area contributed by atoms with E-state index in [1.165, 1.54) is 19.3 Å². The molecular weight excluding hydrogens is 370 g/mol. The van der Waals surface area contributed by atoms with E-state index in [1.807, 2.05) is 18.2 Å². The molecule has 3 fully saturated rings. The molecule has 0 radical (unpaired) electrons. The van der Waals surface area contributed by atoms with Crippen molar-refractivity contribution in [3.63, 3.8) is 0 Å². The molecule has 0 aliphatic heterocycles. The summed E-state index contributed by atoms with van der Waals surface area (Å²) in [7, 11) is 0. The number of hydrogen-bond donors (Lipinski definition) is 1. The van der Waals surface area contributed by atoms with Gasteiger partial charge in [-0.3, -0.25) is 4.79 Å². The Bertz CT molecular complexity index is 543. The van der Waals surface area contributed by atoms with Crippen LogP contribution in [0.15, 0.2) is 27.1 Å². The van der Waals surface area contributed by atoms with Crippen molar-refractivity contribution in [1.82, 2.24) is 5.32 Å². The molecule has 1 aromatic carbocycles. The molecule has 4 unspecified atom stereocenters. The number of rotatable bonds is 2. The largest absolute Gasteiger partial charge is 0.349 e. The highest BCUT2D eigenvalue weighted by Gasteiger charge is 2.65. The first-order chi connectivity index (χ1) is 9.15. The van der Waals surface area contributed by atoms with Gasteiger partial charge in [-0.25, -0.2) is 0 Å². The lowest BCUT2D eigenvalue weighted by Gasteiger charge is -2.11. The first-order valence-electron chi connectivity index (χ1n) is 6.91. The van der Waals surface area contributed by atoms with Crippen LogP contribution < -0.4 is 5.32 Å². The Hall–Kier alpha value is -0.350. The highest BCUT2D eigenvalue weighted by molar-refractivity contribution is 9.11. The van der Waals surface area contributed by atoms with Crippen LogP contribution in [0.3, 0.4) is 0 Å². The van der Waals surface area contributed by atoms with Crippen LogP contribution in [-0.2, 0) is 0 Å². The summed E-state index contributed by atoms with van der Waals surface area (Å²) >= 11 is 6.88. The highest BCUT2D eigenvalue weighted by atomic mass is 79.9. The Morgan fingerprint density at radius 3 is 2.53 bits per heavy atom. The van der Waals surface area contributed by atoms with Gasteiger partial charge in [0.1, 0.15) is 0 Å². The molecule has 0 saturated heterocycles. The minimum Gasteiger partial charge on any atom is -0.349 e. The van der Waals surface area contributed by atoms with Gasteiger partial charge in [-0.1, -0.05) is 15.9 Å². The number of amides is 1. The maximum absolute atomic E-state index is 12.4. The molecule has 0 aromatic heterocycles. The average molecular weight is 385 g/mol. The van der Waals surface area contributed by atoms with Crippen LogP contribution in [0.1, 0.15) is 29.6 Å². The topological polar surface area (TPSA) is 29.1 Å². The van der Waals surface area contributed by atoms with E-state index in [4.69, 9.17) is 0 Å². The molecule has 2 bridgehead atoms. The van der Waals surface area contributed by atoms with Gasteiger partial charge in [-0.05, 0) is 77.1 Å². The molecule has 0 spiro atoms. The van der Waals surface area contributed by atoms with E-state index in [1.54, 1.807) is 0 Å². The zero-order valence-corrected chi connectivity index (χ0v) is 13.6. The molecule has 3 aliphatic rings.